The van der Waals surface area contributed by atoms with Crippen LogP contribution in [0.1, 0.15) is 59.3 Å². The van der Waals surface area contributed by atoms with E-state index in [1.54, 1.807) is 0 Å². The van der Waals surface area contributed by atoms with Crippen LogP contribution in [0.15, 0.2) is 0 Å². The predicted octanol–water partition coefficient (Wildman–Crippen LogP) is 4.44. The average Bonchev–Trinajstić information content (AvgIpc) is 2.36. The molecular formula is C15H28O2S. The van der Waals surface area contributed by atoms with Gasteiger partial charge in [-0.1, -0.05) is 40.0 Å². The Morgan fingerprint density at radius 3 is 2.67 bits per heavy atom. The lowest BCUT2D eigenvalue weighted by Crippen LogP contribution is -2.33. The van der Waals surface area contributed by atoms with Gasteiger partial charge in [-0.15, -0.1) is 0 Å². The molecule has 0 spiro atoms. The Balaban J connectivity index is 2.52. The van der Waals surface area contributed by atoms with Crippen molar-refractivity contribution < 1.29 is 9.90 Å². The molecule has 18 heavy (non-hydrogen) atoms. The first-order chi connectivity index (χ1) is 8.58. The molecule has 0 heterocycles. The first kappa shape index (κ1) is 15.9. The molecule has 1 aliphatic rings. The van der Waals surface area contributed by atoms with Crippen molar-refractivity contribution in [2.24, 2.45) is 17.8 Å². The highest BCUT2D eigenvalue weighted by Crippen LogP contribution is 2.39. The molecule has 0 aliphatic heterocycles. The van der Waals surface area contributed by atoms with Crippen molar-refractivity contribution in [3.05, 3.63) is 0 Å². The lowest BCUT2D eigenvalue weighted by atomic mass is 9.80. The Hall–Kier alpha value is -0.180. The fourth-order valence-electron chi connectivity index (χ4n) is 2.75. The zero-order valence-corrected chi connectivity index (χ0v) is 12.8. The fourth-order valence-corrected chi connectivity index (χ4v) is 4.46. The lowest BCUT2D eigenvalue weighted by molar-refractivity contribution is -0.142. The van der Waals surface area contributed by atoms with E-state index in [0.717, 1.165) is 30.9 Å². The molecule has 0 bridgehead atoms. The van der Waals surface area contributed by atoms with Gasteiger partial charge in [-0.3, -0.25) is 4.79 Å². The van der Waals surface area contributed by atoms with Crippen LogP contribution in [0.4, 0.5) is 0 Å². The summed E-state index contributed by atoms with van der Waals surface area (Å²) in [7, 11) is 0. The van der Waals surface area contributed by atoms with Crippen molar-refractivity contribution in [1.29, 1.82) is 0 Å². The van der Waals surface area contributed by atoms with E-state index in [2.05, 4.69) is 20.8 Å². The Labute approximate surface area is 116 Å². The number of hydrogen-bond donors (Lipinski definition) is 1. The van der Waals surface area contributed by atoms with Gasteiger partial charge in [-0.25, -0.2) is 0 Å². The van der Waals surface area contributed by atoms with Crippen molar-refractivity contribution in [3.63, 3.8) is 0 Å². The van der Waals surface area contributed by atoms with E-state index in [1.807, 2.05) is 11.8 Å². The van der Waals surface area contributed by atoms with Gasteiger partial charge in [0.25, 0.3) is 0 Å². The van der Waals surface area contributed by atoms with Crippen LogP contribution in [-0.2, 0) is 4.79 Å². The van der Waals surface area contributed by atoms with E-state index in [-0.39, 0.29) is 5.92 Å². The summed E-state index contributed by atoms with van der Waals surface area (Å²) >= 11 is 1.92. The minimum absolute atomic E-state index is 0.104. The number of thioether (sulfide) groups is 1. The third kappa shape index (κ3) is 4.83. The quantitative estimate of drug-likeness (QED) is 0.744. The zero-order valence-electron chi connectivity index (χ0n) is 12.0. The van der Waals surface area contributed by atoms with E-state index >= 15 is 0 Å². The summed E-state index contributed by atoms with van der Waals surface area (Å²) in [6, 6.07) is 0. The van der Waals surface area contributed by atoms with Gasteiger partial charge >= 0.3 is 5.97 Å². The highest BCUT2D eigenvalue weighted by molar-refractivity contribution is 7.99. The van der Waals surface area contributed by atoms with Crippen LogP contribution in [0, 0.1) is 17.8 Å². The normalized spacial score (nSPS) is 30.1. The smallest absolute Gasteiger partial charge is 0.307 e. The van der Waals surface area contributed by atoms with Gasteiger partial charge in [0.05, 0.1) is 5.92 Å². The molecular weight excluding hydrogens is 244 g/mol. The Morgan fingerprint density at radius 2 is 2.11 bits per heavy atom. The van der Waals surface area contributed by atoms with E-state index in [0.29, 0.717) is 11.2 Å². The topological polar surface area (TPSA) is 37.3 Å². The molecule has 0 aromatic carbocycles. The maximum atomic E-state index is 11.3. The summed E-state index contributed by atoms with van der Waals surface area (Å²) in [5.74, 6) is 1.90. The summed E-state index contributed by atoms with van der Waals surface area (Å²) < 4.78 is 0. The van der Waals surface area contributed by atoms with E-state index in [9.17, 15) is 9.90 Å². The second-order valence-corrected chi connectivity index (χ2v) is 7.07. The maximum absolute atomic E-state index is 11.3. The molecule has 4 atom stereocenters. The minimum atomic E-state index is -0.577. The molecule has 1 N–H and O–H groups in total. The van der Waals surface area contributed by atoms with Gasteiger partial charge in [0, 0.05) is 5.25 Å². The largest absolute Gasteiger partial charge is 0.481 e. The standard InChI is InChI=1S/C15H28O2S/c1-4-6-12-7-8-13(15(16)17)14(9-12)18-10-11(3)5-2/h11-14H,4-10H2,1-3H3,(H,16,17). The van der Waals surface area contributed by atoms with Crippen molar-refractivity contribution in [2.45, 2.75) is 64.5 Å². The lowest BCUT2D eigenvalue weighted by Gasteiger charge is -2.34. The molecule has 0 radical (unpaired) electrons. The van der Waals surface area contributed by atoms with Gasteiger partial charge in [-0.05, 0) is 36.9 Å². The van der Waals surface area contributed by atoms with Gasteiger partial charge in [0.2, 0.25) is 0 Å². The number of carboxylic acids is 1. The van der Waals surface area contributed by atoms with Crippen molar-refractivity contribution in [2.75, 3.05) is 5.75 Å². The van der Waals surface area contributed by atoms with Crippen molar-refractivity contribution >= 4 is 17.7 Å². The van der Waals surface area contributed by atoms with Crippen LogP contribution in [0.5, 0.6) is 0 Å². The van der Waals surface area contributed by atoms with E-state index in [4.69, 9.17) is 0 Å². The van der Waals surface area contributed by atoms with Crippen LogP contribution >= 0.6 is 11.8 Å². The van der Waals surface area contributed by atoms with Gasteiger partial charge in [-0.2, -0.15) is 11.8 Å². The predicted molar refractivity (Wildman–Crippen MR) is 79.1 cm³/mol. The highest BCUT2D eigenvalue weighted by atomic mass is 32.2. The molecule has 4 unspecified atom stereocenters. The number of carboxylic acid groups (broad SMARTS) is 1. The third-order valence-corrected chi connectivity index (χ3v) is 5.92. The van der Waals surface area contributed by atoms with Crippen LogP contribution in [-0.4, -0.2) is 22.1 Å². The minimum Gasteiger partial charge on any atom is -0.481 e. The number of aliphatic carboxylic acids is 1. The molecule has 0 aromatic heterocycles. The van der Waals surface area contributed by atoms with Crippen LogP contribution in [0.3, 0.4) is 0 Å². The highest BCUT2D eigenvalue weighted by Gasteiger charge is 2.34. The molecule has 3 heteroatoms. The first-order valence-corrected chi connectivity index (χ1v) is 8.47. The molecule has 0 amide bonds. The molecule has 0 aromatic rings. The summed E-state index contributed by atoms with van der Waals surface area (Å²) in [4.78, 5) is 11.3. The molecule has 1 aliphatic carbocycles. The summed E-state index contributed by atoms with van der Waals surface area (Å²) in [6.07, 6.45) is 6.81. The van der Waals surface area contributed by atoms with Crippen LogP contribution in [0.2, 0.25) is 0 Å². The average molecular weight is 272 g/mol. The van der Waals surface area contributed by atoms with Gasteiger partial charge in [0.1, 0.15) is 0 Å². The maximum Gasteiger partial charge on any atom is 0.307 e. The van der Waals surface area contributed by atoms with Gasteiger partial charge < -0.3 is 5.11 Å². The number of rotatable bonds is 7. The molecule has 1 fully saturated rings. The monoisotopic (exact) mass is 272 g/mol. The molecule has 0 saturated heterocycles. The number of carbonyl (C=O) groups is 1. The summed E-state index contributed by atoms with van der Waals surface area (Å²) in [6.45, 7) is 6.69. The second-order valence-electron chi connectivity index (χ2n) is 5.80. The van der Waals surface area contributed by atoms with Crippen molar-refractivity contribution in [3.8, 4) is 0 Å². The van der Waals surface area contributed by atoms with E-state index < -0.39 is 5.97 Å². The Bertz CT molecular complexity index is 255. The molecule has 1 rings (SSSR count). The Morgan fingerprint density at radius 1 is 1.39 bits per heavy atom. The molecule has 2 nitrogen and oxygen atoms in total. The molecule has 106 valence electrons. The van der Waals surface area contributed by atoms with Crippen molar-refractivity contribution in [1.82, 2.24) is 0 Å². The van der Waals surface area contributed by atoms with Crippen LogP contribution < -0.4 is 0 Å². The molecule has 1 saturated carbocycles. The Kier molecular flexibility index (Phi) is 7.13. The second kappa shape index (κ2) is 8.08. The summed E-state index contributed by atoms with van der Waals surface area (Å²) in [5, 5.41) is 9.68. The van der Waals surface area contributed by atoms with Gasteiger partial charge in [0.15, 0.2) is 0 Å². The zero-order chi connectivity index (χ0) is 13.5. The number of hydrogen-bond acceptors (Lipinski definition) is 2. The third-order valence-electron chi connectivity index (χ3n) is 4.21. The fraction of sp³-hybridized carbons (Fsp3) is 0.933. The van der Waals surface area contributed by atoms with Crippen LogP contribution in [0.25, 0.3) is 0 Å². The summed E-state index contributed by atoms with van der Waals surface area (Å²) in [5.41, 5.74) is 0. The van der Waals surface area contributed by atoms with E-state index in [1.165, 1.54) is 19.3 Å². The SMILES string of the molecule is CCCC1CCC(C(=O)O)C(SCC(C)CC)C1. The first-order valence-electron chi connectivity index (χ1n) is 7.42.